The molecule has 112 valence electrons. The molecular formula is C10H15N2O7P. The third-order valence-electron chi connectivity index (χ3n) is 2.79. The zero-order valence-corrected chi connectivity index (χ0v) is 11.6. The van der Waals surface area contributed by atoms with E-state index in [4.69, 9.17) is 19.3 Å². The van der Waals surface area contributed by atoms with Crippen molar-refractivity contribution in [1.82, 2.24) is 9.55 Å². The first-order valence-corrected chi connectivity index (χ1v) is 7.66. The van der Waals surface area contributed by atoms with E-state index in [0.29, 0.717) is 5.56 Å². The summed E-state index contributed by atoms with van der Waals surface area (Å²) in [7, 11) is -4.21. The van der Waals surface area contributed by atoms with Gasteiger partial charge in [-0.3, -0.25) is 18.9 Å². The molecule has 1 saturated heterocycles. The second-order valence-corrected chi connectivity index (χ2v) is 6.29. The molecule has 3 N–H and O–H groups in total. The summed E-state index contributed by atoms with van der Waals surface area (Å²) < 4.78 is 22.5. The molecule has 9 nitrogen and oxygen atoms in total. The fraction of sp³-hybridized carbons (Fsp3) is 0.600. The number of hydrogen-bond acceptors (Lipinski definition) is 5. The van der Waals surface area contributed by atoms with E-state index in [-0.39, 0.29) is 13.2 Å². The van der Waals surface area contributed by atoms with Gasteiger partial charge in [-0.1, -0.05) is 0 Å². The Morgan fingerprint density at radius 2 is 2.20 bits per heavy atom. The van der Waals surface area contributed by atoms with E-state index >= 15 is 0 Å². The highest BCUT2D eigenvalue weighted by atomic mass is 31.2. The van der Waals surface area contributed by atoms with Gasteiger partial charge in [-0.15, -0.1) is 0 Å². The first-order valence-electron chi connectivity index (χ1n) is 5.86. The van der Waals surface area contributed by atoms with Crippen LogP contribution in [0.15, 0.2) is 15.8 Å². The van der Waals surface area contributed by atoms with Crippen molar-refractivity contribution in [2.24, 2.45) is 0 Å². The van der Waals surface area contributed by atoms with Crippen LogP contribution in [0.25, 0.3) is 0 Å². The van der Waals surface area contributed by atoms with Gasteiger partial charge >= 0.3 is 13.3 Å². The lowest BCUT2D eigenvalue weighted by Gasteiger charge is -2.13. The van der Waals surface area contributed by atoms with Crippen molar-refractivity contribution < 1.29 is 23.8 Å². The Hall–Kier alpha value is -1.25. The number of ether oxygens (including phenoxy) is 2. The highest BCUT2D eigenvalue weighted by Gasteiger charge is 2.31. The second-order valence-electron chi connectivity index (χ2n) is 4.59. The predicted octanol–water partition coefficient (Wildman–Crippen LogP) is -1.24. The quantitative estimate of drug-likeness (QED) is 0.593. The average molecular weight is 306 g/mol. The highest BCUT2D eigenvalue weighted by Crippen LogP contribution is 2.37. The van der Waals surface area contributed by atoms with Gasteiger partial charge in [0.25, 0.3) is 5.56 Å². The standard InChI is InChI=1S/C10H15N2O7P/c1-6-2-12(10(14)11-9(6)13)3-7-4-18-8(19-7)5-20(15,16)17/h2,7-8H,3-5H2,1H3,(H,11,13,14)(H2,15,16,17)/t7-,8-/m1/s1. The minimum Gasteiger partial charge on any atom is -0.349 e. The molecule has 0 aromatic carbocycles. The largest absolute Gasteiger partial charge is 0.349 e. The highest BCUT2D eigenvalue weighted by molar-refractivity contribution is 7.51. The lowest BCUT2D eigenvalue weighted by Crippen LogP contribution is -2.34. The second kappa shape index (κ2) is 5.63. The van der Waals surface area contributed by atoms with Crippen LogP contribution in [0.3, 0.4) is 0 Å². The molecular weight excluding hydrogens is 291 g/mol. The van der Waals surface area contributed by atoms with Crippen LogP contribution in [0, 0.1) is 6.92 Å². The summed E-state index contributed by atoms with van der Waals surface area (Å²) >= 11 is 0. The molecule has 1 aliphatic heterocycles. The number of nitrogens with zero attached hydrogens (tertiary/aromatic N) is 1. The number of rotatable bonds is 4. The molecule has 2 atom stereocenters. The summed E-state index contributed by atoms with van der Waals surface area (Å²) in [6.45, 7) is 1.82. The van der Waals surface area contributed by atoms with Gasteiger partial charge in [0.1, 0.15) is 12.3 Å². The smallest absolute Gasteiger partial charge is 0.330 e. The molecule has 2 rings (SSSR count). The molecule has 2 heterocycles. The Labute approximate surface area is 113 Å². The first-order chi connectivity index (χ1) is 9.24. The number of H-pyrrole nitrogens is 1. The van der Waals surface area contributed by atoms with E-state index in [9.17, 15) is 14.2 Å². The summed E-state index contributed by atoms with van der Waals surface area (Å²) in [4.78, 5) is 42.6. The fourth-order valence-corrected chi connectivity index (χ4v) is 2.45. The average Bonchev–Trinajstić information content (AvgIpc) is 2.71. The molecule has 0 radical (unpaired) electrons. The van der Waals surface area contributed by atoms with Crippen molar-refractivity contribution in [1.29, 1.82) is 0 Å². The van der Waals surface area contributed by atoms with Crippen molar-refractivity contribution >= 4 is 7.60 Å². The minimum atomic E-state index is -4.21. The van der Waals surface area contributed by atoms with Crippen molar-refractivity contribution in [3.63, 3.8) is 0 Å². The Morgan fingerprint density at radius 1 is 1.50 bits per heavy atom. The molecule has 1 aliphatic rings. The van der Waals surface area contributed by atoms with Gasteiger partial charge in [0.2, 0.25) is 0 Å². The molecule has 1 aromatic heterocycles. The van der Waals surface area contributed by atoms with E-state index in [1.165, 1.54) is 10.8 Å². The van der Waals surface area contributed by atoms with E-state index < -0.39 is 37.4 Å². The third kappa shape index (κ3) is 3.87. The zero-order chi connectivity index (χ0) is 14.9. The number of hydrogen-bond donors (Lipinski definition) is 3. The maximum Gasteiger partial charge on any atom is 0.330 e. The molecule has 0 bridgehead atoms. The summed E-state index contributed by atoms with van der Waals surface area (Å²) in [5.74, 6) is 0. The maximum atomic E-state index is 11.6. The Morgan fingerprint density at radius 3 is 2.85 bits per heavy atom. The summed E-state index contributed by atoms with van der Waals surface area (Å²) in [5, 5.41) is 0. The molecule has 0 saturated carbocycles. The van der Waals surface area contributed by atoms with Gasteiger partial charge in [0.05, 0.1) is 13.2 Å². The monoisotopic (exact) mass is 306 g/mol. The molecule has 10 heteroatoms. The third-order valence-corrected chi connectivity index (χ3v) is 3.56. The SMILES string of the molecule is Cc1cn(C[C@@H]2CO[C@@H](CP(=O)(O)O)O2)c(=O)[nH]c1=O. The van der Waals surface area contributed by atoms with Crippen LogP contribution < -0.4 is 11.2 Å². The van der Waals surface area contributed by atoms with Crippen LogP contribution in [0.4, 0.5) is 0 Å². The number of nitrogens with one attached hydrogen (secondary N) is 1. The molecule has 1 fully saturated rings. The van der Waals surface area contributed by atoms with E-state index in [2.05, 4.69) is 4.98 Å². The maximum absolute atomic E-state index is 11.6. The molecule has 20 heavy (non-hydrogen) atoms. The Kier molecular flexibility index (Phi) is 4.26. The van der Waals surface area contributed by atoms with Gasteiger partial charge in [0.15, 0.2) is 6.29 Å². The van der Waals surface area contributed by atoms with Crippen LogP contribution >= 0.6 is 7.60 Å². The minimum absolute atomic E-state index is 0.120. The van der Waals surface area contributed by atoms with Crippen LogP contribution in [0.1, 0.15) is 5.56 Å². The normalized spacial score (nSPS) is 23.1. The number of aryl methyl sites for hydroxylation is 1. The lowest BCUT2D eigenvalue weighted by molar-refractivity contribution is -0.0445. The van der Waals surface area contributed by atoms with Gasteiger partial charge in [-0.2, -0.15) is 0 Å². The topological polar surface area (TPSA) is 131 Å². The van der Waals surface area contributed by atoms with Gasteiger partial charge < -0.3 is 19.3 Å². The van der Waals surface area contributed by atoms with Crippen LogP contribution in [-0.2, 0) is 20.6 Å². The lowest BCUT2D eigenvalue weighted by atomic mass is 10.3. The summed E-state index contributed by atoms with van der Waals surface area (Å²) in [6, 6.07) is 0. The molecule has 0 unspecified atom stereocenters. The van der Waals surface area contributed by atoms with Crippen LogP contribution in [0.2, 0.25) is 0 Å². The molecule has 0 aliphatic carbocycles. The Balaban J connectivity index is 2.03. The van der Waals surface area contributed by atoms with Crippen molar-refractivity contribution in [3.05, 3.63) is 32.6 Å². The van der Waals surface area contributed by atoms with E-state index in [1.54, 1.807) is 6.92 Å². The molecule has 1 aromatic rings. The summed E-state index contributed by atoms with van der Waals surface area (Å²) in [6.07, 6.45) is -0.612. The van der Waals surface area contributed by atoms with Crippen molar-refractivity contribution in [3.8, 4) is 0 Å². The molecule has 0 amide bonds. The van der Waals surface area contributed by atoms with Crippen molar-refractivity contribution in [2.75, 3.05) is 12.8 Å². The molecule has 0 spiro atoms. The van der Waals surface area contributed by atoms with E-state index in [0.717, 1.165) is 0 Å². The fourth-order valence-electron chi connectivity index (χ4n) is 1.87. The van der Waals surface area contributed by atoms with Crippen LogP contribution in [-0.4, -0.2) is 44.5 Å². The Bertz CT molecular complexity index is 646. The predicted molar refractivity (Wildman–Crippen MR) is 67.6 cm³/mol. The van der Waals surface area contributed by atoms with Gasteiger partial charge in [-0.25, -0.2) is 4.79 Å². The van der Waals surface area contributed by atoms with Crippen LogP contribution in [0.5, 0.6) is 0 Å². The van der Waals surface area contributed by atoms with E-state index in [1.807, 2.05) is 0 Å². The number of aromatic nitrogens is 2. The van der Waals surface area contributed by atoms with Gasteiger partial charge in [0, 0.05) is 11.8 Å². The summed E-state index contributed by atoms with van der Waals surface area (Å²) in [5.41, 5.74) is -0.632. The zero-order valence-electron chi connectivity index (χ0n) is 10.7. The van der Waals surface area contributed by atoms with Crippen molar-refractivity contribution in [2.45, 2.75) is 25.9 Å². The number of aromatic amines is 1. The van der Waals surface area contributed by atoms with Gasteiger partial charge in [-0.05, 0) is 6.92 Å². The first kappa shape index (κ1) is 15.1.